The van der Waals surface area contributed by atoms with Crippen molar-refractivity contribution in [1.29, 1.82) is 0 Å². The number of nitrogens with one attached hydrogen (secondary N) is 2. The van der Waals surface area contributed by atoms with Crippen LogP contribution in [0, 0.1) is 23.7 Å². The molecule has 13 heteroatoms. The number of ether oxygens (including phenoxy) is 2. The molecular formula is C34H28Cl3N3O7. The van der Waals surface area contributed by atoms with Crippen LogP contribution in [-0.2, 0) is 24.6 Å². The Morgan fingerprint density at radius 3 is 2.34 bits per heavy atom. The van der Waals surface area contributed by atoms with Gasteiger partial charge in [0.1, 0.15) is 5.75 Å². The number of carbonyl (C=O) groups excluding carboxylic acids is 4. The number of hydrogen-bond acceptors (Lipinski definition) is 8. The van der Waals surface area contributed by atoms with Crippen molar-refractivity contribution in [3.8, 4) is 17.2 Å². The Bertz CT molecular complexity index is 1900. The molecule has 242 valence electrons. The Hall–Kier alpha value is -4.25. The van der Waals surface area contributed by atoms with Crippen LogP contribution in [0.2, 0.25) is 15.1 Å². The average molecular weight is 697 g/mol. The number of phenolic OH excluding ortho intramolecular Hbond substituents is 1. The predicted octanol–water partition coefficient (Wildman–Crippen LogP) is 5.64. The van der Waals surface area contributed by atoms with Crippen LogP contribution >= 0.6 is 34.8 Å². The molecule has 2 aliphatic carbocycles. The predicted molar refractivity (Wildman–Crippen MR) is 173 cm³/mol. The molecule has 7 rings (SSSR count). The number of methoxy groups -OCH3 is 2. The molecule has 4 amide bonds. The molecule has 2 saturated heterocycles. The summed E-state index contributed by atoms with van der Waals surface area (Å²) in [5.74, 6) is -5.31. The number of benzene rings is 3. The van der Waals surface area contributed by atoms with Crippen LogP contribution in [0.15, 0.2) is 66.2 Å². The molecule has 47 heavy (non-hydrogen) atoms. The molecule has 0 aromatic heterocycles. The summed E-state index contributed by atoms with van der Waals surface area (Å²) in [5.41, 5.74) is 3.38. The minimum atomic E-state index is -1.57. The van der Waals surface area contributed by atoms with Crippen molar-refractivity contribution in [3.05, 3.63) is 92.4 Å². The van der Waals surface area contributed by atoms with Crippen molar-refractivity contribution in [2.45, 2.75) is 24.2 Å². The summed E-state index contributed by atoms with van der Waals surface area (Å²) in [6.07, 6.45) is 2.28. The van der Waals surface area contributed by atoms with Crippen molar-refractivity contribution in [3.63, 3.8) is 0 Å². The van der Waals surface area contributed by atoms with Gasteiger partial charge in [-0.05, 0) is 72.4 Å². The quantitative estimate of drug-likeness (QED) is 0.223. The SMILES string of the molecule is COc1ccc(C23C(=O)N(Nc4ccc(Cl)cc4Cl)C(=O)C2CC2C(=CCC4C(=O)NC(=O)C42)C3c2cc(Cl)c(O)c(OC)c2)cc1. The first-order valence-electron chi connectivity index (χ1n) is 14.9. The molecule has 0 spiro atoms. The second kappa shape index (κ2) is 11.5. The van der Waals surface area contributed by atoms with Crippen LogP contribution in [0.25, 0.3) is 0 Å². The Morgan fingerprint density at radius 1 is 0.915 bits per heavy atom. The highest BCUT2D eigenvalue weighted by atomic mass is 35.5. The largest absolute Gasteiger partial charge is 0.503 e. The zero-order valence-corrected chi connectivity index (χ0v) is 27.3. The summed E-state index contributed by atoms with van der Waals surface area (Å²) in [5, 5.41) is 14.7. The Morgan fingerprint density at radius 2 is 1.66 bits per heavy atom. The topological polar surface area (TPSA) is 134 Å². The van der Waals surface area contributed by atoms with Gasteiger partial charge in [-0.25, -0.2) is 0 Å². The van der Waals surface area contributed by atoms with Gasteiger partial charge in [-0.2, -0.15) is 5.01 Å². The summed E-state index contributed by atoms with van der Waals surface area (Å²) in [7, 11) is 2.91. The van der Waals surface area contributed by atoms with E-state index < -0.39 is 52.7 Å². The fraction of sp³-hybridized carbons (Fsp3) is 0.294. The number of halogens is 3. The normalized spacial score (nSPS) is 27.9. The van der Waals surface area contributed by atoms with Crippen LogP contribution in [0.5, 0.6) is 17.2 Å². The highest BCUT2D eigenvalue weighted by Gasteiger charge is 2.70. The van der Waals surface area contributed by atoms with E-state index in [1.807, 2.05) is 6.08 Å². The van der Waals surface area contributed by atoms with E-state index in [4.69, 9.17) is 44.3 Å². The van der Waals surface area contributed by atoms with E-state index in [0.717, 1.165) is 10.6 Å². The molecule has 2 heterocycles. The van der Waals surface area contributed by atoms with Crippen molar-refractivity contribution in [2.24, 2.45) is 23.7 Å². The molecule has 3 fully saturated rings. The van der Waals surface area contributed by atoms with E-state index in [9.17, 15) is 19.5 Å². The smallest absolute Gasteiger partial charge is 0.260 e. The lowest BCUT2D eigenvalue weighted by atomic mass is 9.49. The van der Waals surface area contributed by atoms with Gasteiger partial charge in [0.15, 0.2) is 11.5 Å². The zero-order valence-electron chi connectivity index (χ0n) is 25.1. The fourth-order valence-corrected chi connectivity index (χ4v) is 8.72. The zero-order chi connectivity index (χ0) is 33.4. The number of rotatable bonds is 6. The molecule has 6 unspecified atom stereocenters. The van der Waals surface area contributed by atoms with Crippen molar-refractivity contribution >= 4 is 64.1 Å². The summed E-state index contributed by atoms with van der Waals surface area (Å²) in [6.45, 7) is 0. The standard InChI is InChI=1S/C34H28Cl3N3O7/c1-46-18-6-3-16(4-7-18)34-22(32(44)40(33(34)45)39-25-10-5-17(35)13-23(25)36)14-21-19(8-9-20-27(21)31(43)38-30(20)42)28(34)15-11-24(37)29(41)26(12-15)47-2/h3-8,10-13,20-22,27-28,39,41H,9,14H2,1-2H3,(H,38,42,43). The maximum absolute atomic E-state index is 15.2. The third-order valence-corrected chi connectivity index (χ3v) is 10.9. The number of hydrazine groups is 1. The number of amides is 4. The van der Waals surface area contributed by atoms with Gasteiger partial charge in [0.05, 0.1) is 53.1 Å². The minimum Gasteiger partial charge on any atom is -0.503 e. The van der Waals surface area contributed by atoms with Crippen molar-refractivity contribution in [1.82, 2.24) is 10.3 Å². The molecular weight excluding hydrogens is 669 g/mol. The van der Waals surface area contributed by atoms with Crippen molar-refractivity contribution < 1.29 is 33.8 Å². The molecule has 4 aliphatic rings. The molecule has 0 radical (unpaired) electrons. The van der Waals surface area contributed by atoms with Gasteiger partial charge < -0.3 is 14.6 Å². The maximum atomic E-state index is 15.2. The summed E-state index contributed by atoms with van der Waals surface area (Å²) in [4.78, 5) is 55.9. The summed E-state index contributed by atoms with van der Waals surface area (Å²) < 4.78 is 10.9. The molecule has 2 aliphatic heterocycles. The van der Waals surface area contributed by atoms with Crippen LogP contribution in [-0.4, -0.2) is 48.0 Å². The van der Waals surface area contributed by atoms with Crippen LogP contribution < -0.4 is 20.2 Å². The number of imide groups is 2. The highest BCUT2D eigenvalue weighted by molar-refractivity contribution is 6.36. The van der Waals surface area contributed by atoms with E-state index in [1.54, 1.807) is 48.5 Å². The van der Waals surface area contributed by atoms with Gasteiger partial charge in [0.2, 0.25) is 11.8 Å². The van der Waals surface area contributed by atoms with E-state index in [0.29, 0.717) is 21.9 Å². The number of allylic oxidation sites excluding steroid dienone is 2. The van der Waals surface area contributed by atoms with Crippen LogP contribution in [0.4, 0.5) is 5.69 Å². The number of anilines is 1. The van der Waals surface area contributed by atoms with Crippen LogP contribution in [0.1, 0.15) is 29.9 Å². The highest BCUT2D eigenvalue weighted by Crippen LogP contribution is 2.64. The number of phenols is 1. The van der Waals surface area contributed by atoms with Crippen molar-refractivity contribution in [2.75, 3.05) is 19.6 Å². The van der Waals surface area contributed by atoms with Crippen LogP contribution in [0.3, 0.4) is 0 Å². The summed E-state index contributed by atoms with van der Waals surface area (Å²) in [6, 6.07) is 14.7. The number of carbonyl (C=O) groups is 4. The molecule has 1 saturated carbocycles. The van der Waals surface area contributed by atoms with Gasteiger partial charge in [0, 0.05) is 10.9 Å². The van der Waals surface area contributed by atoms with Gasteiger partial charge >= 0.3 is 0 Å². The first kappa shape index (κ1) is 31.4. The van der Waals surface area contributed by atoms with Gasteiger partial charge in [-0.1, -0.05) is 58.6 Å². The Balaban J connectivity index is 1.50. The molecule has 3 N–H and O–H groups in total. The second-order valence-corrected chi connectivity index (χ2v) is 13.4. The lowest BCUT2D eigenvalue weighted by Crippen LogP contribution is -2.53. The minimum absolute atomic E-state index is 0.0225. The van der Waals surface area contributed by atoms with E-state index in [1.165, 1.54) is 20.3 Å². The van der Waals surface area contributed by atoms with Gasteiger partial charge in [-0.3, -0.25) is 29.9 Å². The number of fused-ring (bicyclic) bond motifs is 4. The fourth-order valence-electron chi connectivity index (χ4n) is 8.05. The Kier molecular flexibility index (Phi) is 7.65. The maximum Gasteiger partial charge on any atom is 0.260 e. The van der Waals surface area contributed by atoms with E-state index in [2.05, 4.69) is 10.7 Å². The van der Waals surface area contributed by atoms with E-state index >= 15 is 4.79 Å². The lowest BCUT2D eigenvalue weighted by Gasteiger charge is -2.50. The average Bonchev–Trinajstić information content (AvgIpc) is 3.47. The lowest BCUT2D eigenvalue weighted by molar-refractivity contribution is -0.138. The summed E-state index contributed by atoms with van der Waals surface area (Å²) >= 11 is 19.1. The van der Waals surface area contributed by atoms with Gasteiger partial charge in [-0.15, -0.1) is 0 Å². The second-order valence-electron chi connectivity index (χ2n) is 12.1. The molecule has 10 nitrogen and oxygen atoms in total. The first-order valence-corrected chi connectivity index (χ1v) is 16.0. The number of nitrogens with zero attached hydrogens (tertiary/aromatic N) is 1. The third kappa shape index (κ3) is 4.60. The number of aromatic hydroxyl groups is 1. The third-order valence-electron chi connectivity index (χ3n) is 10.0. The van der Waals surface area contributed by atoms with E-state index in [-0.39, 0.29) is 46.0 Å². The van der Waals surface area contributed by atoms with Gasteiger partial charge in [0.25, 0.3) is 11.8 Å². The molecule has 3 aromatic rings. The molecule has 6 atom stereocenters. The first-order chi connectivity index (χ1) is 22.5. The molecule has 0 bridgehead atoms. The number of hydrogen-bond donors (Lipinski definition) is 3. The monoisotopic (exact) mass is 695 g/mol. The molecule has 3 aromatic carbocycles. The Labute approximate surface area is 284 Å².